The minimum absolute atomic E-state index is 0.0695. The summed E-state index contributed by atoms with van der Waals surface area (Å²) in [5, 5.41) is 3.21. The van der Waals surface area contributed by atoms with Crippen LogP contribution in [0.15, 0.2) is 51.7 Å². The van der Waals surface area contributed by atoms with Crippen LogP contribution in [0, 0.1) is 0 Å². The minimum Gasteiger partial charge on any atom is -0.321 e. The first-order valence-electron chi connectivity index (χ1n) is 4.96. The Labute approximate surface area is 100 Å². The zero-order valence-corrected chi connectivity index (χ0v) is 9.91. The van der Waals surface area contributed by atoms with Crippen molar-refractivity contribution in [2.45, 2.75) is 0 Å². The molecule has 1 aromatic heterocycles. The van der Waals surface area contributed by atoms with Crippen LogP contribution in [0.2, 0.25) is 0 Å². The number of rotatable bonds is 0. The maximum absolute atomic E-state index is 11.3. The lowest BCUT2D eigenvalue weighted by molar-refractivity contribution is 1.32. The number of aromatic amines is 1. The number of halogens is 1. The van der Waals surface area contributed by atoms with E-state index in [9.17, 15) is 4.79 Å². The Hall–Kier alpha value is -1.61. The average Bonchev–Trinajstić information content (AvgIpc) is 2.29. The van der Waals surface area contributed by atoms with Crippen molar-refractivity contribution in [3.63, 3.8) is 0 Å². The van der Waals surface area contributed by atoms with E-state index in [4.69, 9.17) is 0 Å². The summed E-state index contributed by atoms with van der Waals surface area (Å²) >= 11 is 3.51. The molecule has 1 N–H and O–H groups in total. The molecule has 1 heterocycles. The van der Waals surface area contributed by atoms with Crippen LogP contribution in [0.4, 0.5) is 0 Å². The first kappa shape index (κ1) is 9.60. The Kier molecular flexibility index (Phi) is 2.07. The molecule has 2 nitrogen and oxygen atoms in total. The van der Waals surface area contributed by atoms with Gasteiger partial charge in [-0.2, -0.15) is 0 Å². The van der Waals surface area contributed by atoms with E-state index in [1.54, 1.807) is 6.07 Å². The van der Waals surface area contributed by atoms with Gasteiger partial charge in [0.05, 0.1) is 5.52 Å². The zero-order chi connectivity index (χ0) is 11.1. The summed E-state index contributed by atoms with van der Waals surface area (Å²) in [6.45, 7) is 0. The molecule has 0 aliphatic rings. The molecule has 0 unspecified atom stereocenters. The monoisotopic (exact) mass is 273 g/mol. The molecule has 3 heteroatoms. The van der Waals surface area contributed by atoms with Crippen molar-refractivity contribution in [3.05, 3.63) is 57.3 Å². The highest BCUT2D eigenvalue weighted by atomic mass is 79.9. The highest BCUT2D eigenvalue weighted by Gasteiger charge is 2.03. The Morgan fingerprint density at radius 3 is 2.62 bits per heavy atom. The number of nitrogens with one attached hydrogen (secondary N) is 1. The summed E-state index contributed by atoms with van der Waals surface area (Å²) < 4.78 is 1.04. The quantitative estimate of drug-likeness (QED) is 0.626. The Morgan fingerprint density at radius 2 is 1.75 bits per heavy atom. The molecule has 2 aromatic carbocycles. The third kappa shape index (κ3) is 1.36. The van der Waals surface area contributed by atoms with Gasteiger partial charge >= 0.3 is 0 Å². The maximum Gasteiger partial charge on any atom is 0.248 e. The van der Waals surface area contributed by atoms with Gasteiger partial charge in [0.15, 0.2) is 0 Å². The highest BCUT2D eigenvalue weighted by molar-refractivity contribution is 9.10. The number of H-pyrrole nitrogens is 1. The molecule has 0 bridgehead atoms. The second-order valence-corrected chi connectivity index (χ2v) is 4.54. The molecule has 78 valence electrons. The lowest BCUT2D eigenvalue weighted by Gasteiger charge is -2.04. The van der Waals surface area contributed by atoms with Crippen molar-refractivity contribution in [1.29, 1.82) is 0 Å². The van der Waals surface area contributed by atoms with Crippen molar-refractivity contribution in [1.82, 2.24) is 4.98 Å². The Morgan fingerprint density at radius 1 is 0.938 bits per heavy atom. The summed E-state index contributed by atoms with van der Waals surface area (Å²) in [6, 6.07) is 13.4. The molecule has 3 aromatic rings. The van der Waals surface area contributed by atoms with Gasteiger partial charge < -0.3 is 4.98 Å². The van der Waals surface area contributed by atoms with Gasteiger partial charge in [-0.15, -0.1) is 0 Å². The van der Waals surface area contributed by atoms with Crippen LogP contribution >= 0.6 is 15.9 Å². The summed E-state index contributed by atoms with van der Waals surface area (Å²) in [5.41, 5.74) is 0.825. The number of hydrogen-bond donors (Lipinski definition) is 1. The van der Waals surface area contributed by atoms with Crippen molar-refractivity contribution < 1.29 is 0 Å². The predicted octanol–water partition coefficient (Wildman–Crippen LogP) is 3.44. The smallest absolute Gasteiger partial charge is 0.248 e. The molecule has 0 spiro atoms. The lowest BCUT2D eigenvalue weighted by Crippen LogP contribution is -2.02. The molecule has 0 amide bonds. The second kappa shape index (κ2) is 3.46. The molecule has 0 aliphatic carbocycles. The van der Waals surface area contributed by atoms with E-state index in [-0.39, 0.29) is 5.56 Å². The Bertz CT molecular complexity index is 746. The van der Waals surface area contributed by atoms with Crippen molar-refractivity contribution in [3.8, 4) is 0 Å². The minimum atomic E-state index is -0.0695. The predicted molar refractivity (Wildman–Crippen MR) is 69.8 cm³/mol. The van der Waals surface area contributed by atoms with Gasteiger partial charge in [-0.1, -0.05) is 40.2 Å². The van der Waals surface area contributed by atoms with Gasteiger partial charge in [0.1, 0.15) is 0 Å². The first-order valence-corrected chi connectivity index (χ1v) is 5.75. The van der Waals surface area contributed by atoms with Crippen LogP contribution < -0.4 is 5.56 Å². The average molecular weight is 274 g/mol. The maximum atomic E-state index is 11.3. The number of benzene rings is 2. The lowest BCUT2D eigenvalue weighted by atomic mass is 10.1. The first-order chi connectivity index (χ1) is 7.75. The van der Waals surface area contributed by atoms with Gasteiger partial charge in [-0.3, -0.25) is 4.79 Å². The van der Waals surface area contributed by atoms with Gasteiger partial charge in [-0.25, -0.2) is 0 Å². The standard InChI is InChI=1S/C13H8BrNO/c14-11-3-1-2-10-9(11)6-4-8-5-7-12(16)15-13(8)10/h1-7H,(H,15,16). The normalized spacial score (nSPS) is 11.1. The van der Waals surface area contributed by atoms with E-state index in [1.165, 1.54) is 0 Å². The molecule has 0 radical (unpaired) electrons. The van der Waals surface area contributed by atoms with E-state index < -0.39 is 0 Å². The summed E-state index contributed by atoms with van der Waals surface area (Å²) in [6.07, 6.45) is 0. The fraction of sp³-hybridized carbons (Fsp3) is 0. The second-order valence-electron chi connectivity index (χ2n) is 3.69. The van der Waals surface area contributed by atoms with Gasteiger partial charge in [0, 0.05) is 15.9 Å². The van der Waals surface area contributed by atoms with Crippen LogP contribution in [-0.4, -0.2) is 4.98 Å². The number of fused-ring (bicyclic) bond motifs is 3. The van der Waals surface area contributed by atoms with Crippen molar-refractivity contribution in [2.24, 2.45) is 0 Å². The van der Waals surface area contributed by atoms with Crippen LogP contribution in [0.5, 0.6) is 0 Å². The van der Waals surface area contributed by atoms with Crippen molar-refractivity contribution >= 4 is 37.6 Å². The van der Waals surface area contributed by atoms with E-state index in [2.05, 4.69) is 27.0 Å². The van der Waals surface area contributed by atoms with Crippen LogP contribution in [-0.2, 0) is 0 Å². The Balaban J connectivity index is 2.63. The topological polar surface area (TPSA) is 32.9 Å². The molecule has 0 saturated carbocycles. The largest absolute Gasteiger partial charge is 0.321 e. The molecule has 0 aliphatic heterocycles. The molecule has 16 heavy (non-hydrogen) atoms. The highest BCUT2D eigenvalue weighted by Crippen LogP contribution is 2.28. The van der Waals surface area contributed by atoms with Crippen molar-refractivity contribution in [2.75, 3.05) is 0 Å². The molecule has 0 atom stereocenters. The SMILES string of the molecule is O=c1ccc2ccc3c(Br)cccc3c2[nH]1. The third-order valence-electron chi connectivity index (χ3n) is 2.70. The third-order valence-corrected chi connectivity index (χ3v) is 3.39. The van der Waals surface area contributed by atoms with E-state index in [1.807, 2.05) is 30.3 Å². The van der Waals surface area contributed by atoms with Crippen LogP contribution in [0.25, 0.3) is 21.7 Å². The summed E-state index contributed by atoms with van der Waals surface area (Å²) in [4.78, 5) is 14.2. The summed E-state index contributed by atoms with van der Waals surface area (Å²) in [7, 11) is 0. The number of aromatic nitrogens is 1. The fourth-order valence-corrected chi connectivity index (χ4v) is 2.44. The number of pyridine rings is 1. The van der Waals surface area contributed by atoms with E-state index >= 15 is 0 Å². The fourth-order valence-electron chi connectivity index (χ4n) is 1.95. The number of hydrogen-bond acceptors (Lipinski definition) is 1. The summed E-state index contributed by atoms with van der Waals surface area (Å²) in [5.74, 6) is 0. The molecule has 0 saturated heterocycles. The molecule has 3 rings (SSSR count). The van der Waals surface area contributed by atoms with E-state index in [0.29, 0.717) is 0 Å². The van der Waals surface area contributed by atoms with Gasteiger partial charge in [0.2, 0.25) is 5.56 Å². The van der Waals surface area contributed by atoms with Crippen LogP contribution in [0.1, 0.15) is 0 Å². The zero-order valence-electron chi connectivity index (χ0n) is 8.33. The van der Waals surface area contributed by atoms with Crippen LogP contribution in [0.3, 0.4) is 0 Å². The molecule has 0 fully saturated rings. The molecular weight excluding hydrogens is 266 g/mol. The van der Waals surface area contributed by atoms with E-state index in [0.717, 1.165) is 26.1 Å². The van der Waals surface area contributed by atoms with Gasteiger partial charge in [0.25, 0.3) is 0 Å². The molecular formula is C13H8BrNO. The van der Waals surface area contributed by atoms with Gasteiger partial charge in [-0.05, 0) is 22.9 Å².